The monoisotopic (exact) mass is 341 g/mol. The number of hydrogen-bond donors (Lipinski definition) is 2. The molecule has 2 heterocycles. The average Bonchev–Trinajstić information content (AvgIpc) is 3.06. The third-order valence-corrected chi connectivity index (χ3v) is 5.14. The van der Waals surface area contributed by atoms with Crippen LogP contribution in [0.1, 0.15) is 37.3 Å². The van der Waals surface area contributed by atoms with E-state index in [0.29, 0.717) is 31.0 Å². The van der Waals surface area contributed by atoms with Gasteiger partial charge in [-0.1, -0.05) is 18.6 Å². The zero-order chi connectivity index (χ0) is 17.8. The van der Waals surface area contributed by atoms with Gasteiger partial charge in [0.2, 0.25) is 5.91 Å². The van der Waals surface area contributed by atoms with E-state index < -0.39 is 0 Å². The molecule has 1 saturated heterocycles. The number of hydrogen-bond acceptors (Lipinski definition) is 3. The number of fused-ring (bicyclic) bond motifs is 1. The molecule has 3 rings (SSSR count). The van der Waals surface area contributed by atoms with Crippen molar-refractivity contribution in [1.29, 1.82) is 0 Å². The Bertz CT molecular complexity index is 812. The number of nitrogens with one attached hydrogen (secondary N) is 2. The fraction of sp³-hybridized carbons (Fsp3) is 0.500. The van der Waals surface area contributed by atoms with Crippen molar-refractivity contribution >= 4 is 16.8 Å². The van der Waals surface area contributed by atoms with Crippen molar-refractivity contribution in [2.24, 2.45) is 0 Å². The lowest BCUT2D eigenvalue weighted by Gasteiger charge is -2.22. The predicted molar refractivity (Wildman–Crippen MR) is 101 cm³/mol. The van der Waals surface area contributed by atoms with Gasteiger partial charge in [0.25, 0.3) is 5.56 Å². The number of pyridine rings is 1. The SMILES string of the molecule is CCN1CCC[C@H]1CNC(=O)CCc1cc2cc(C)ccc2[nH]c1=O. The molecule has 1 atom stereocenters. The molecular formula is C20H27N3O2. The molecule has 1 aromatic heterocycles. The minimum atomic E-state index is -0.0999. The number of amides is 1. The minimum absolute atomic E-state index is 0.0201. The quantitative estimate of drug-likeness (QED) is 0.848. The molecule has 5 nitrogen and oxygen atoms in total. The molecule has 5 heteroatoms. The summed E-state index contributed by atoms with van der Waals surface area (Å²) in [7, 11) is 0. The molecular weight excluding hydrogens is 314 g/mol. The van der Waals surface area contributed by atoms with Gasteiger partial charge >= 0.3 is 0 Å². The van der Waals surface area contributed by atoms with E-state index >= 15 is 0 Å². The first-order valence-electron chi connectivity index (χ1n) is 9.20. The number of aromatic amines is 1. The molecule has 0 aliphatic carbocycles. The number of likely N-dealkylation sites (N-methyl/N-ethyl adjacent to an activating group) is 1. The molecule has 0 unspecified atom stereocenters. The van der Waals surface area contributed by atoms with E-state index in [4.69, 9.17) is 0 Å². The fourth-order valence-electron chi connectivity index (χ4n) is 3.67. The maximum absolute atomic E-state index is 12.2. The standard InChI is InChI=1S/C20H27N3O2/c1-3-23-10-4-5-17(23)13-21-19(24)9-7-15-12-16-11-14(2)6-8-18(16)22-20(15)25/h6,8,11-12,17H,3-5,7,9-10,13H2,1-2H3,(H,21,24)(H,22,25)/t17-/m0/s1. The summed E-state index contributed by atoms with van der Waals surface area (Å²) in [4.78, 5) is 29.7. The summed E-state index contributed by atoms with van der Waals surface area (Å²) in [6.07, 6.45) is 3.17. The van der Waals surface area contributed by atoms with E-state index in [1.165, 1.54) is 6.42 Å². The van der Waals surface area contributed by atoms with Crippen LogP contribution in [0.25, 0.3) is 10.9 Å². The van der Waals surface area contributed by atoms with E-state index in [9.17, 15) is 9.59 Å². The van der Waals surface area contributed by atoms with Crippen molar-refractivity contribution < 1.29 is 4.79 Å². The Morgan fingerprint density at radius 2 is 2.20 bits per heavy atom. The van der Waals surface area contributed by atoms with Crippen LogP contribution >= 0.6 is 0 Å². The van der Waals surface area contributed by atoms with Crippen LogP contribution < -0.4 is 10.9 Å². The van der Waals surface area contributed by atoms with E-state index in [0.717, 1.165) is 36.0 Å². The van der Waals surface area contributed by atoms with Crippen LogP contribution in [0.5, 0.6) is 0 Å². The number of rotatable bonds is 6. The number of carbonyl (C=O) groups excluding carboxylic acids is 1. The Morgan fingerprint density at radius 1 is 1.36 bits per heavy atom. The van der Waals surface area contributed by atoms with Gasteiger partial charge in [0.15, 0.2) is 0 Å². The van der Waals surface area contributed by atoms with Crippen LogP contribution in [0, 0.1) is 6.92 Å². The van der Waals surface area contributed by atoms with Gasteiger partial charge < -0.3 is 10.3 Å². The maximum Gasteiger partial charge on any atom is 0.251 e. The number of likely N-dealkylation sites (tertiary alicyclic amines) is 1. The minimum Gasteiger partial charge on any atom is -0.355 e. The summed E-state index contributed by atoms with van der Waals surface area (Å²) in [5, 5.41) is 4.05. The summed E-state index contributed by atoms with van der Waals surface area (Å²) < 4.78 is 0. The summed E-state index contributed by atoms with van der Waals surface area (Å²) in [5.41, 5.74) is 2.56. The smallest absolute Gasteiger partial charge is 0.251 e. The van der Waals surface area contributed by atoms with Crippen molar-refractivity contribution in [1.82, 2.24) is 15.2 Å². The first-order valence-corrected chi connectivity index (χ1v) is 9.20. The van der Waals surface area contributed by atoms with Crippen LogP contribution in [0.4, 0.5) is 0 Å². The number of benzene rings is 1. The van der Waals surface area contributed by atoms with Crippen LogP contribution in [0.2, 0.25) is 0 Å². The molecule has 25 heavy (non-hydrogen) atoms. The Morgan fingerprint density at radius 3 is 3.00 bits per heavy atom. The highest BCUT2D eigenvalue weighted by atomic mass is 16.1. The molecule has 2 aromatic rings. The van der Waals surface area contributed by atoms with Crippen LogP contribution in [0.15, 0.2) is 29.1 Å². The van der Waals surface area contributed by atoms with Crippen molar-refractivity contribution in [3.05, 3.63) is 45.7 Å². The highest BCUT2D eigenvalue weighted by Gasteiger charge is 2.23. The first kappa shape index (κ1) is 17.7. The number of H-pyrrole nitrogens is 1. The first-order chi connectivity index (χ1) is 12.1. The fourth-order valence-corrected chi connectivity index (χ4v) is 3.67. The Labute approximate surface area is 148 Å². The van der Waals surface area contributed by atoms with Gasteiger partial charge in [0.05, 0.1) is 0 Å². The van der Waals surface area contributed by atoms with Gasteiger partial charge in [-0.2, -0.15) is 0 Å². The second kappa shape index (κ2) is 7.83. The Hall–Kier alpha value is -2.14. The average molecular weight is 341 g/mol. The van der Waals surface area contributed by atoms with E-state index in [1.54, 1.807) is 0 Å². The molecule has 1 aliphatic heterocycles. The highest BCUT2D eigenvalue weighted by Crippen LogP contribution is 2.16. The molecule has 0 radical (unpaired) electrons. The molecule has 0 spiro atoms. The van der Waals surface area contributed by atoms with Crippen LogP contribution in [0.3, 0.4) is 0 Å². The maximum atomic E-state index is 12.2. The van der Waals surface area contributed by atoms with Gasteiger partial charge in [-0.25, -0.2) is 0 Å². The van der Waals surface area contributed by atoms with E-state index in [-0.39, 0.29) is 11.5 Å². The lowest BCUT2D eigenvalue weighted by atomic mass is 10.1. The molecule has 0 saturated carbocycles. The largest absolute Gasteiger partial charge is 0.355 e. The third kappa shape index (κ3) is 4.28. The Balaban J connectivity index is 1.57. The third-order valence-electron chi connectivity index (χ3n) is 5.14. The van der Waals surface area contributed by atoms with Gasteiger partial charge in [-0.15, -0.1) is 0 Å². The molecule has 2 N–H and O–H groups in total. The number of nitrogens with zero attached hydrogens (tertiary/aromatic N) is 1. The zero-order valence-electron chi connectivity index (χ0n) is 15.1. The summed E-state index contributed by atoms with van der Waals surface area (Å²) in [6.45, 7) is 7.06. The molecule has 134 valence electrons. The summed E-state index contributed by atoms with van der Waals surface area (Å²) in [6, 6.07) is 8.32. The lowest BCUT2D eigenvalue weighted by Crippen LogP contribution is -2.40. The topological polar surface area (TPSA) is 65.2 Å². The second-order valence-corrected chi connectivity index (χ2v) is 6.94. The molecule has 1 amide bonds. The summed E-state index contributed by atoms with van der Waals surface area (Å²) in [5.74, 6) is 0.0201. The molecule has 0 bridgehead atoms. The molecule has 1 fully saturated rings. The molecule has 1 aliphatic rings. The molecule has 1 aromatic carbocycles. The van der Waals surface area contributed by atoms with Crippen molar-refractivity contribution in [3.8, 4) is 0 Å². The number of aromatic nitrogens is 1. The van der Waals surface area contributed by atoms with Gasteiger partial charge in [-0.05, 0) is 62.9 Å². The van der Waals surface area contributed by atoms with Crippen LogP contribution in [-0.4, -0.2) is 41.5 Å². The number of aryl methyl sites for hydroxylation is 2. The number of carbonyl (C=O) groups is 1. The van der Waals surface area contributed by atoms with Crippen molar-refractivity contribution in [2.45, 2.75) is 45.6 Å². The van der Waals surface area contributed by atoms with Crippen LogP contribution in [-0.2, 0) is 11.2 Å². The second-order valence-electron chi connectivity index (χ2n) is 6.94. The normalized spacial score (nSPS) is 17.9. The Kier molecular flexibility index (Phi) is 5.53. The van der Waals surface area contributed by atoms with Gasteiger partial charge in [-0.3, -0.25) is 14.5 Å². The van der Waals surface area contributed by atoms with E-state index in [2.05, 4.69) is 22.1 Å². The van der Waals surface area contributed by atoms with Gasteiger partial charge in [0, 0.05) is 30.1 Å². The zero-order valence-corrected chi connectivity index (χ0v) is 15.1. The predicted octanol–water partition coefficient (Wildman–Crippen LogP) is 2.37. The van der Waals surface area contributed by atoms with Crippen molar-refractivity contribution in [3.63, 3.8) is 0 Å². The summed E-state index contributed by atoms with van der Waals surface area (Å²) >= 11 is 0. The van der Waals surface area contributed by atoms with Gasteiger partial charge in [0.1, 0.15) is 0 Å². The highest BCUT2D eigenvalue weighted by molar-refractivity contribution is 5.80. The van der Waals surface area contributed by atoms with E-state index in [1.807, 2.05) is 31.2 Å². The lowest BCUT2D eigenvalue weighted by molar-refractivity contribution is -0.121. The van der Waals surface area contributed by atoms with Crippen molar-refractivity contribution in [2.75, 3.05) is 19.6 Å².